The van der Waals surface area contributed by atoms with Crippen molar-refractivity contribution in [2.75, 3.05) is 0 Å². The van der Waals surface area contributed by atoms with Gasteiger partial charge in [-0.3, -0.25) is 4.99 Å². The number of fused-ring (bicyclic) bond motifs is 3. The highest BCUT2D eigenvalue weighted by molar-refractivity contribution is 6.08. The lowest BCUT2D eigenvalue weighted by Gasteiger charge is -2.08. The van der Waals surface area contributed by atoms with E-state index in [1.165, 1.54) is 61.6 Å². The third kappa shape index (κ3) is 7.64. The zero-order valence-electron chi connectivity index (χ0n) is 26.0. The molecule has 42 heavy (non-hydrogen) atoms. The first-order chi connectivity index (χ1) is 20.5. The fourth-order valence-corrected chi connectivity index (χ4v) is 5.15. The number of hydrogen-bond donors (Lipinski definition) is 1. The number of aryl methyl sites for hydroxylation is 1. The van der Waals surface area contributed by atoms with Gasteiger partial charge in [-0.25, -0.2) is 0 Å². The van der Waals surface area contributed by atoms with E-state index in [4.69, 9.17) is 4.99 Å². The van der Waals surface area contributed by atoms with Crippen molar-refractivity contribution in [3.63, 3.8) is 0 Å². The molecule has 1 atom stereocenters. The molecular weight excluding hydrogens is 508 g/mol. The van der Waals surface area contributed by atoms with Crippen molar-refractivity contribution < 1.29 is 0 Å². The van der Waals surface area contributed by atoms with Gasteiger partial charge in [0.2, 0.25) is 0 Å². The molecule has 1 aromatic heterocycles. The Kier molecular flexibility index (Phi) is 10.9. The Bertz CT molecular complexity index is 1730. The number of hydrogen-bond acceptors (Lipinski definition) is 1. The number of rotatable bonds is 6. The van der Waals surface area contributed by atoms with Gasteiger partial charge in [0, 0.05) is 27.5 Å². The first-order valence-electron chi connectivity index (χ1n) is 15.2. The van der Waals surface area contributed by atoms with Crippen LogP contribution in [0.25, 0.3) is 32.9 Å². The summed E-state index contributed by atoms with van der Waals surface area (Å²) in [6.07, 6.45) is 1.23. The maximum Gasteiger partial charge on any atom is 0.0643 e. The molecule has 6 aromatic rings. The van der Waals surface area contributed by atoms with Crippen LogP contribution in [0, 0.1) is 6.92 Å². The summed E-state index contributed by atoms with van der Waals surface area (Å²) in [5.74, 6) is 0.709. The molecule has 0 radical (unpaired) electrons. The summed E-state index contributed by atoms with van der Waals surface area (Å²) in [6.45, 7) is 13.4. The minimum absolute atomic E-state index is 0.685. The number of para-hydroxylation sites is 1. The van der Waals surface area contributed by atoms with Crippen LogP contribution < -0.4 is 0 Å². The van der Waals surface area contributed by atoms with Crippen molar-refractivity contribution in [3.8, 4) is 11.1 Å². The predicted octanol–water partition coefficient (Wildman–Crippen LogP) is 11.5. The molecule has 0 aliphatic heterocycles. The maximum absolute atomic E-state index is 4.83. The van der Waals surface area contributed by atoms with E-state index in [0.29, 0.717) is 12.5 Å². The number of nitrogens with zero attached hydrogens (tertiary/aromatic N) is 1. The molecule has 2 nitrogen and oxygen atoms in total. The lowest BCUT2D eigenvalue weighted by molar-refractivity contribution is 0.733. The number of nitrogens with one attached hydrogen (secondary N) is 1. The van der Waals surface area contributed by atoms with E-state index in [-0.39, 0.29) is 0 Å². The summed E-state index contributed by atoms with van der Waals surface area (Å²) < 4.78 is 0. The van der Waals surface area contributed by atoms with Crippen LogP contribution >= 0.6 is 0 Å². The minimum Gasteiger partial charge on any atom is -0.355 e. The van der Waals surface area contributed by atoms with Gasteiger partial charge in [-0.15, -0.1) is 0 Å². The van der Waals surface area contributed by atoms with Crippen LogP contribution in [0.2, 0.25) is 0 Å². The van der Waals surface area contributed by atoms with Crippen molar-refractivity contribution in [2.24, 2.45) is 4.99 Å². The van der Waals surface area contributed by atoms with Gasteiger partial charge < -0.3 is 4.98 Å². The van der Waals surface area contributed by atoms with Gasteiger partial charge in [-0.2, -0.15) is 0 Å². The second-order valence-electron chi connectivity index (χ2n) is 10.6. The lowest BCUT2D eigenvalue weighted by Crippen LogP contribution is -1.96. The summed E-state index contributed by atoms with van der Waals surface area (Å²) in [5, 5.41) is 2.54. The van der Waals surface area contributed by atoms with Crippen LogP contribution in [0.5, 0.6) is 0 Å². The smallest absolute Gasteiger partial charge is 0.0643 e. The Morgan fingerprint density at radius 3 is 2.05 bits per heavy atom. The van der Waals surface area contributed by atoms with Gasteiger partial charge in [0.05, 0.1) is 6.54 Å². The van der Waals surface area contributed by atoms with Crippen molar-refractivity contribution in [2.45, 2.75) is 60.4 Å². The van der Waals surface area contributed by atoms with Crippen molar-refractivity contribution in [1.29, 1.82) is 0 Å². The molecule has 0 amide bonds. The molecule has 0 aliphatic carbocycles. The summed E-state index contributed by atoms with van der Waals surface area (Å²) in [7, 11) is 0. The van der Waals surface area contributed by atoms with Crippen LogP contribution in [0.4, 0.5) is 0 Å². The summed E-state index contributed by atoms with van der Waals surface area (Å²) >= 11 is 0. The van der Waals surface area contributed by atoms with Crippen LogP contribution in [-0.2, 0) is 6.54 Å². The minimum atomic E-state index is 0.685. The topological polar surface area (TPSA) is 28.1 Å². The molecule has 1 unspecified atom stereocenters. The molecule has 0 saturated carbocycles. The monoisotopic (exact) mass is 552 g/mol. The molecule has 2 heteroatoms. The zero-order chi connectivity index (χ0) is 29.9. The van der Waals surface area contributed by atoms with Crippen molar-refractivity contribution in [1.82, 2.24) is 4.98 Å². The highest BCUT2D eigenvalue weighted by Gasteiger charge is 2.07. The Morgan fingerprint density at radius 1 is 0.690 bits per heavy atom. The quantitative estimate of drug-likeness (QED) is 0.199. The van der Waals surface area contributed by atoms with Gasteiger partial charge in [-0.05, 0) is 78.3 Å². The van der Waals surface area contributed by atoms with Crippen LogP contribution in [0.15, 0.2) is 126 Å². The van der Waals surface area contributed by atoms with E-state index in [1.807, 2.05) is 19.9 Å². The van der Waals surface area contributed by atoms with Gasteiger partial charge in [0.15, 0.2) is 0 Å². The first-order valence-corrected chi connectivity index (χ1v) is 15.2. The molecule has 0 saturated heterocycles. The van der Waals surface area contributed by atoms with E-state index in [9.17, 15) is 0 Å². The highest BCUT2D eigenvalue weighted by atomic mass is 14.7. The first kappa shape index (κ1) is 30.5. The highest BCUT2D eigenvalue weighted by Crippen LogP contribution is 2.31. The van der Waals surface area contributed by atoms with E-state index in [0.717, 1.165) is 5.71 Å². The Morgan fingerprint density at radius 2 is 1.33 bits per heavy atom. The van der Waals surface area contributed by atoms with Crippen LogP contribution in [0.3, 0.4) is 0 Å². The third-order valence-electron chi connectivity index (χ3n) is 7.65. The predicted molar refractivity (Wildman–Crippen MR) is 185 cm³/mol. The van der Waals surface area contributed by atoms with Gasteiger partial charge >= 0.3 is 0 Å². The lowest BCUT2D eigenvalue weighted by atomic mass is 9.98. The number of H-pyrrole nitrogens is 1. The Balaban J connectivity index is 0.000000285. The fraction of sp³-hybridized carbons (Fsp3) is 0.225. The van der Waals surface area contributed by atoms with E-state index in [2.05, 4.69) is 148 Å². The van der Waals surface area contributed by atoms with Crippen molar-refractivity contribution in [3.05, 3.63) is 144 Å². The summed E-state index contributed by atoms with van der Waals surface area (Å²) in [4.78, 5) is 8.34. The molecule has 214 valence electrons. The van der Waals surface area contributed by atoms with Crippen LogP contribution in [0.1, 0.15) is 69.2 Å². The largest absolute Gasteiger partial charge is 0.355 e. The Hall–Kier alpha value is -4.43. The van der Waals surface area contributed by atoms with Gasteiger partial charge in [0.1, 0.15) is 0 Å². The molecule has 1 N–H and O–H groups in total. The molecule has 0 aliphatic rings. The van der Waals surface area contributed by atoms with E-state index < -0.39 is 0 Å². The normalized spacial score (nSPS) is 11.8. The second kappa shape index (κ2) is 15.0. The van der Waals surface area contributed by atoms with Crippen molar-refractivity contribution >= 4 is 27.5 Å². The molecule has 1 heterocycles. The number of aliphatic imine (C=N–C) groups is 1. The molecule has 6 rings (SSSR count). The summed E-state index contributed by atoms with van der Waals surface area (Å²) in [5.41, 5.74) is 11.0. The Labute approximate surface area is 252 Å². The average Bonchev–Trinajstić information content (AvgIpc) is 3.43. The molecular formula is C40H44N2. The number of benzene rings is 5. The second-order valence-corrected chi connectivity index (χ2v) is 10.6. The number of aromatic amines is 1. The van der Waals surface area contributed by atoms with E-state index >= 15 is 0 Å². The van der Waals surface area contributed by atoms with Gasteiger partial charge in [-0.1, -0.05) is 130 Å². The zero-order valence-corrected chi connectivity index (χ0v) is 26.0. The standard InChI is InChI=1S/C28H24N2.C10H14.C2H6/c1-19-14-21(18-29-20(2)22-8-4-3-5-9-22)16-24(15-19)23-12-13-28-26(17-23)25-10-6-7-11-27(25)30-28;1-3-9(2)10-7-5-4-6-8-10;1-2/h3-17,30H,18H2,1-2H3;4-9H,3H2,1-2H3;1-2H3. The molecule has 0 fully saturated rings. The third-order valence-corrected chi connectivity index (χ3v) is 7.65. The molecule has 0 bridgehead atoms. The summed E-state index contributed by atoms with van der Waals surface area (Å²) in [6, 6.07) is 42.9. The van der Waals surface area contributed by atoms with Crippen LogP contribution in [-0.4, -0.2) is 10.7 Å². The molecule has 0 spiro atoms. The molecule has 5 aromatic carbocycles. The average molecular weight is 553 g/mol. The fourth-order valence-electron chi connectivity index (χ4n) is 5.15. The maximum atomic E-state index is 4.83. The SMILES string of the molecule is CC.CC(=NCc1cc(C)cc(-c2ccc3[nH]c4ccccc4c3c2)c1)c1ccccc1.CCC(C)c1ccccc1. The van der Waals surface area contributed by atoms with E-state index in [1.54, 1.807) is 0 Å². The number of aromatic nitrogens is 1. The van der Waals surface area contributed by atoms with Gasteiger partial charge in [0.25, 0.3) is 0 Å².